The van der Waals surface area contributed by atoms with Crippen molar-refractivity contribution in [2.24, 2.45) is 0 Å². The lowest BCUT2D eigenvalue weighted by Crippen LogP contribution is -2.35. The number of sulfonamides is 1. The average Bonchev–Trinajstić information content (AvgIpc) is 2.75. The molecule has 1 N–H and O–H groups in total. The lowest BCUT2D eigenvalue weighted by atomic mass is 10.2. The van der Waals surface area contributed by atoms with Gasteiger partial charge in [-0.2, -0.15) is 0 Å². The van der Waals surface area contributed by atoms with E-state index in [0.717, 1.165) is 11.1 Å². The largest absolute Gasteiger partial charge is 0.452 e. The van der Waals surface area contributed by atoms with Gasteiger partial charge < -0.3 is 9.64 Å². The zero-order valence-corrected chi connectivity index (χ0v) is 17.9. The van der Waals surface area contributed by atoms with Gasteiger partial charge in [-0.1, -0.05) is 48.6 Å². The molecule has 0 saturated carbocycles. The van der Waals surface area contributed by atoms with E-state index in [1.165, 1.54) is 29.2 Å². The summed E-state index contributed by atoms with van der Waals surface area (Å²) < 4.78 is 32.7. The Balaban J connectivity index is 2.02. The van der Waals surface area contributed by atoms with Gasteiger partial charge in [0, 0.05) is 19.6 Å². The van der Waals surface area contributed by atoms with Gasteiger partial charge in [-0.15, -0.1) is 0 Å². The Hall–Kier alpha value is -2.97. The van der Waals surface area contributed by atoms with Crippen molar-refractivity contribution >= 4 is 21.9 Å². The van der Waals surface area contributed by atoms with Crippen LogP contribution in [0.15, 0.2) is 71.6 Å². The quantitative estimate of drug-likeness (QED) is 0.462. The zero-order chi connectivity index (χ0) is 22.1. The molecule has 2 aromatic carbocycles. The maximum Gasteiger partial charge on any atom is 0.338 e. The molecule has 2 rings (SSSR count). The van der Waals surface area contributed by atoms with E-state index >= 15 is 0 Å². The van der Waals surface area contributed by atoms with Gasteiger partial charge >= 0.3 is 5.97 Å². The summed E-state index contributed by atoms with van der Waals surface area (Å²) >= 11 is 0. The SMILES string of the molecule is C=C(C)CN(CC)C(=O)COC(=O)c1cccc(S(=O)(=O)NCc2ccccc2)c1. The molecule has 0 fully saturated rings. The summed E-state index contributed by atoms with van der Waals surface area (Å²) in [6, 6.07) is 14.6. The van der Waals surface area contributed by atoms with Gasteiger partial charge in [-0.3, -0.25) is 4.79 Å². The number of rotatable bonds is 10. The first kappa shape index (κ1) is 23.3. The van der Waals surface area contributed by atoms with Gasteiger partial charge in [0.15, 0.2) is 6.61 Å². The number of hydrogen-bond acceptors (Lipinski definition) is 5. The Morgan fingerprint density at radius 3 is 2.43 bits per heavy atom. The number of benzene rings is 2. The number of esters is 1. The number of nitrogens with one attached hydrogen (secondary N) is 1. The Morgan fingerprint density at radius 1 is 1.10 bits per heavy atom. The van der Waals surface area contributed by atoms with Crippen molar-refractivity contribution in [1.82, 2.24) is 9.62 Å². The van der Waals surface area contributed by atoms with Gasteiger partial charge in [-0.25, -0.2) is 17.9 Å². The van der Waals surface area contributed by atoms with Crippen LogP contribution in [0, 0.1) is 0 Å². The summed E-state index contributed by atoms with van der Waals surface area (Å²) in [5.74, 6) is -1.11. The lowest BCUT2D eigenvalue weighted by Gasteiger charge is -2.20. The molecule has 0 aromatic heterocycles. The van der Waals surface area contributed by atoms with Crippen LogP contribution in [0.4, 0.5) is 0 Å². The smallest absolute Gasteiger partial charge is 0.338 e. The van der Waals surface area contributed by atoms with Crippen molar-refractivity contribution in [3.8, 4) is 0 Å². The molecule has 0 aliphatic rings. The molecule has 30 heavy (non-hydrogen) atoms. The van der Waals surface area contributed by atoms with E-state index in [4.69, 9.17) is 4.74 Å². The van der Waals surface area contributed by atoms with Crippen LogP contribution < -0.4 is 4.72 Å². The molecule has 0 spiro atoms. The van der Waals surface area contributed by atoms with Crippen molar-refractivity contribution in [1.29, 1.82) is 0 Å². The van der Waals surface area contributed by atoms with E-state index < -0.39 is 22.6 Å². The maximum absolute atomic E-state index is 12.5. The number of carbonyl (C=O) groups is 2. The standard InChI is InChI=1S/C22H26N2O5S/c1-4-24(15-17(2)3)21(25)16-29-22(26)19-11-8-12-20(13-19)30(27,28)23-14-18-9-6-5-7-10-18/h5-13,23H,2,4,14-16H2,1,3H3. The van der Waals surface area contributed by atoms with Crippen LogP contribution in [0.2, 0.25) is 0 Å². The molecule has 0 saturated heterocycles. The minimum Gasteiger partial charge on any atom is -0.452 e. The number of amides is 1. The first-order valence-corrected chi connectivity index (χ1v) is 10.9. The molecule has 0 aliphatic carbocycles. The molecule has 1 amide bonds. The fourth-order valence-corrected chi connectivity index (χ4v) is 3.72. The normalized spacial score (nSPS) is 11.0. The minimum absolute atomic E-state index is 0.0494. The Bertz CT molecular complexity index is 1000. The molecule has 0 radical (unpaired) electrons. The minimum atomic E-state index is -3.82. The third kappa shape index (κ3) is 6.82. The monoisotopic (exact) mass is 430 g/mol. The Morgan fingerprint density at radius 2 is 1.80 bits per heavy atom. The first-order valence-electron chi connectivity index (χ1n) is 9.46. The van der Waals surface area contributed by atoms with E-state index in [-0.39, 0.29) is 22.9 Å². The van der Waals surface area contributed by atoms with Gasteiger partial charge in [0.05, 0.1) is 10.5 Å². The molecule has 0 bridgehead atoms. The van der Waals surface area contributed by atoms with Crippen LogP contribution in [0.5, 0.6) is 0 Å². The predicted molar refractivity (Wildman–Crippen MR) is 114 cm³/mol. The Kier molecular flexibility index (Phi) is 8.32. The molecule has 160 valence electrons. The molecule has 0 aliphatic heterocycles. The first-order chi connectivity index (χ1) is 14.2. The third-order valence-corrected chi connectivity index (χ3v) is 5.61. The van der Waals surface area contributed by atoms with Crippen LogP contribution in [-0.2, 0) is 26.1 Å². The van der Waals surface area contributed by atoms with E-state index in [1.807, 2.05) is 25.1 Å². The highest BCUT2D eigenvalue weighted by molar-refractivity contribution is 7.89. The molecular formula is C22H26N2O5S. The van der Waals surface area contributed by atoms with Crippen molar-refractivity contribution in [2.75, 3.05) is 19.7 Å². The van der Waals surface area contributed by atoms with Crippen molar-refractivity contribution in [2.45, 2.75) is 25.3 Å². The number of hydrogen-bond donors (Lipinski definition) is 1. The van der Waals surface area contributed by atoms with Crippen molar-refractivity contribution in [3.05, 3.63) is 77.9 Å². The number of nitrogens with zero attached hydrogens (tertiary/aromatic N) is 1. The maximum atomic E-state index is 12.5. The molecular weight excluding hydrogens is 404 g/mol. The highest BCUT2D eigenvalue weighted by Gasteiger charge is 2.19. The second-order valence-electron chi connectivity index (χ2n) is 6.78. The van der Waals surface area contributed by atoms with Crippen LogP contribution >= 0.6 is 0 Å². The zero-order valence-electron chi connectivity index (χ0n) is 17.1. The lowest BCUT2D eigenvalue weighted by molar-refractivity contribution is -0.133. The van der Waals surface area contributed by atoms with E-state index in [1.54, 1.807) is 19.1 Å². The van der Waals surface area contributed by atoms with E-state index in [9.17, 15) is 18.0 Å². The second-order valence-corrected chi connectivity index (χ2v) is 8.55. The third-order valence-electron chi connectivity index (χ3n) is 4.21. The van der Waals surface area contributed by atoms with Gasteiger partial charge in [0.1, 0.15) is 0 Å². The molecule has 0 unspecified atom stereocenters. The molecule has 0 heterocycles. The summed E-state index contributed by atoms with van der Waals surface area (Å²) in [4.78, 5) is 26.0. The molecule has 2 aromatic rings. The molecule has 0 atom stereocenters. The average molecular weight is 431 g/mol. The second kappa shape index (κ2) is 10.7. The van der Waals surface area contributed by atoms with Crippen LogP contribution in [0.25, 0.3) is 0 Å². The van der Waals surface area contributed by atoms with Crippen molar-refractivity contribution in [3.63, 3.8) is 0 Å². The topological polar surface area (TPSA) is 92.8 Å². The van der Waals surface area contributed by atoms with Crippen LogP contribution in [0.3, 0.4) is 0 Å². The Labute approximate surface area is 177 Å². The summed E-state index contributed by atoms with van der Waals surface area (Å²) in [6.45, 7) is 7.94. The van der Waals surface area contributed by atoms with Crippen LogP contribution in [0.1, 0.15) is 29.8 Å². The summed E-state index contributed by atoms with van der Waals surface area (Å²) in [7, 11) is -3.82. The molecule has 8 heteroatoms. The fraction of sp³-hybridized carbons (Fsp3) is 0.273. The number of likely N-dealkylation sites (N-methyl/N-ethyl adjacent to an activating group) is 1. The highest BCUT2D eigenvalue weighted by atomic mass is 32.2. The highest BCUT2D eigenvalue weighted by Crippen LogP contribution is 2.13. The van der Waals surface area contributed by atoms with E-state index in [2.05, 4.69) is 11.3 Å². The molecule has 7 nitrogen and oxygen atoms in total. The fourth-order valence-electron chi connectivity index (χ4n) is 2.65. The summed E-state index contributed by atoms with van der Waals surface area (Å²) in [6.07, 6.45) is 0. The predicted octanol–water partition coefficient (Wildman–Crippen LogP) is 2.75. The van der Waals surface area contributed by atoms with E-state index in [0.29, 0.717) is 13.1 Å². The van der Waals surface area contributed by atoms with Crippen LogP contribution in [-0.4, -0.2) is 44.9 Å². The number of carbonyl (C=O) groups excluding carboxylic acids is 2. The van der Waals surface area contributed by atoms with Gasteiger partial charge in [-0.05, 0) is 37.6 Å². The summed E-state index contributed by atoms with van der Waals surface area (Å²) in [5.41, 5.74) is 1.68. The number of ether oxygens (including phenoxy) is 1. The van der Waals surface area contributed by atoms with Gasteiger partial charge in [0.25, 0.3) is 5.91 Å². The van der Waals surface area contributed by atoms with Gasteiger partial charge in [0.2, 0.25) is 10.0 Å². The summed E-state index contributed by atoms with van der Waals surface area (Å²) in [5, 5.41) is 0. The van der Waals surface area contributed by atoms with Crippen molar-refractivity contribution < 1.29 is 22.7 Å².